The summed E-state index contributed by atoms with van der Waals surface area (Å²) in [5.74, 6) is 0.909. The highest BCUT2D eigenvalue weighted by atomic mass is 31.2. The van der Waals surface area contributed by atoms with Gasteiger partial charge in [0.1, 0.15) is 5.69 Å². The largest absolute Gasteiger partial charge is 0.389 e. The van der Waals surface area contributed by atoms with Gasteiger partial charge in [-0.05, 0) is 47.7 Å². The number of aromatic nitrogens is 2. The Morgan fingerprint density at radius 3 is 2.73 bits per heavy atom. The molecule has 0 aromatic carbocycles. The van der Waals surface area contributed by atoms with E-state index in [-0.39, 0.29) is 35.9 Å². The SMILES string of the molecule is CCC[n+]1cnc(N)c(N=CC(C)C(C)C2C(OC)C(O)C3(CCP(=O)(O)O)PCC23)c1C. The summed E-state index contributed by atoms with van der Waals surface area (Å²) in [5.41, 5.74) is 7.77. The van der Waals surface area contributed by atoms with Gasteiger partial charge in [-0.2, -0.15) is 0 Å². The molecule has 0 spiro atoms. The highest BCUT2D eigenvalue weighted by Gasteiger charge is 2.65. The van der Waals surface area contributed by atoms with Gasteiger partial charge in [-0.25, -0.2) is 4.57 Å². The Morgan fingerprint density at radius 1 is 1.48 bits per heavy atom. The third kappa shape index (κ3) is 5.19. The van der Waals surface area contributed by atoms with Crippen molar-refractivity contribution in [2.75, 3.05) is 25.2 Å². The standard InChI is InChI=1S/C22H38N4O5P2/c1-6-8-26-12-25-21(23)18(15(26)4)24-10-13(2)14(3)17-16-11-32-22(16,7-9-33(28,29)30)20(27)19(17)31-5/h10,12-14,16-17,19-20,23,27,32H,6-9,11H2,1-5H3,(H2,28,29,30)/p+1. The fraction of sp³-hybridized carbons (Fsp3) is 0.773. The topological polar surface area (TPSA) is 142 Å². The zero-order valence-corrected chi connectivity index (χ0v) is 22.1. The molecule has 2 aliphatic rings. The number of anilines is 1. The molecular formula is C22H39N4O5P2+. The van der Waals surface area contributed by atoms with E-state index in [4.69, 9.17) is 15.5 Å². The van der Waals surface area contributed by atoms with Crippen LogP contribution in [0.1, 0.15) is 39.3 Å². The van der Waals surface area contributed by atoms with Crippen molar-refractivity contribution in [3.05, 3.63) is 12.0 Å². The maximum Gasteiger partial charge on any atom is 0.325 e. The molecule has 5 N–H and O–H groups in total. The third-order valence-corrected chi connectivity index (χ3v) is 10.8. The van der Waals surface area contributed by atoms with Gasteiger partial charge in [0.25, 0.3) is 12.1 Å². The Bertz CT molecular complexity index is 926. The van der Waals surface area contributed by atoms with Gasteiger partial charge in [0, 0.05) is 25.4 Å². The van der Waals surface area contributed by atoms with E-state index in [9.17, 15) is 19.5 Å². The van der Waals surface area contributed by atoms with Crippen molar-refractivity contribution in [1.29, 1.82) is 0 Å². The molecule has 11 heteroatoms. The summed E-state index contributed by atoms with van der Waals surface area (Å²) in [4.78, 5) is 27.8. The Morgan fingerprint density at radius 2 is 2.18 bits per heavy atom. The number of aryl methyl sites for hydroxylation is 1. The zero-order valence-electron chi connectivity index (χ0n) is 20.2. The molecule has 9 nitrogen and oxygen atoms in total. The van der Waals surface area contributed by atoms with Gasteiger partial charge < -0.3 is 25.4 Å². The molecule has 33 heavy (non-hydrogen) atoms. The Labute approximate surface area is 198 Å². The maximum absolute atomic E-state index is 11.5. The number of aliphatic imine (C=N–C) groups is 1. The van der Waals surface area contributed by atoms with Crippen LogP contribution in [0.25, 0.3) is 0 Å². The highest BCUT2D eigenvalue weighted by molar-refractivity contribution is 7.51. The molecular weight excluding hydrogens is 462 g/mol. The molecule has 0 bridgehead atoms. The van der Waals surface area contributed by atoms with E-state index in [1.807, 2.05) is 13.1 Å². The van der Waals surface area contributed by atoms with Crippen molar-refractivity contribution in [1.82, 2.24) is 4.98 Å². The number of nitrogen functional groups attached to an aromatic ring is 1. The molecule has 1 saturated heterocycles. The quantitative estimate of drug-likeness (QED) is 0.219. The van der Waals surface area contributed by atoms with Gasteiger partial charge in [-0.3, -0.25) is 9.56 Å². The van der Waals surface area contributed by atoms with Gasteiger partial charge in [-0.15, -0.1) is 8.58 Å². The highest BCUT2D eigenvalue weighted by Crippen LogP contribution is 2.67. The number of nitrogens with two attached hydrogens (primary N) is 1. The van der Waals surface area contributed by atoms with Crippen LogP contribution in [0.3, 0.4) is 0 Å². The number of ether oxygens (including phenoxy) is 1. The fourth-order valence-corrected chi connectivity index (χ4v) is 8.60. The minimum atomic E-state index is -4.12. The maximum atomic E-state index is 11.5. The van der Waals surface area contributed by atoms with Crippen LogP contribution in [-0.2, 0) is 15.8 Å². The molecule has 1 aliphatic carbocycles. The molecule has 1 aliphatic heterocycles. The zero-order chi connectivity index (χ0) is 24.6. The summed E-state index contributed by atoms with van der Waals surface area (Å²) < 4.78 is 19.4. The second-order valence-electron chi connectivity index (χ2n) is 9.64. The van der Waals surface area contributed by atoms with Crippen LogP contribution in [0, 0.1) is 30.6 Å². The van der Waals surface area contributed by atoms with Crippen LogP contribution in [0.15, 0.2) is 11.3 Å². The Balaban J connectivity index is 1.81. The van der Waals surface area contributed by atoms with Crippen LogP contribution in [0.5, 0.6) is 0 Å². The monoisotopic (exact) mass is 501 g/mol. The molecule has 1 saturated carbocycles. The minimum Gasteiger partial charge on any atom is -0.389 e. The number of aliphatic hydroxyl groups is 1. The lowest BCUT2D eigenvalue weighted by molar-refractivity contribution is -0.704. The van der Waals surface area contributed by atoms with E-state index in [0.717, 1.165) is 24.8 Å². The molecule has 0 radical (unpaired) electrons. The van der Waals surface area contributed by atoms with Crippen LogP contribution in [-0.4, -0.2) is 62.9 Å². The predicted octanol–water partition coefficient (Wildman–Crippen LogP) is 2.26. The molecule has 186 valence electrons. The molecule has 8 unspecified atom stereocenters. The second kappa shape index (κ2) is 10.3. The van der Waals surface area contributed by atoms with E-state index < -0.39 is 18.9 Å². The van der Waals surface area contributed by atoms with E-state index in [1.54, 1.807) is 13.4 Å². The summed E-state index contributed by atoms with van der Waals surface area (Å²) in [6.07, 6.45) is 4.67. The van der Waals surface area contributed by atoms with Crippen LogP contribution < -0.4 is 10.3 Å². The Hall–Kier alpha value is -0.950. The number of nitrogens with zero attached hydrogens (tertiary/aromatic N) is 3. The molecule has 0 amide bonds. The normalized spacial score (nSPS) is 32.1. The number of methoxy groups -OCH3 is 1. The average molecular weight is 502 g/mol. The first-order chi connectivity index (χ1) is 15.5. The Kier molecular flexibility index (Phi) is 8.36. The van der Waals surface area contributed by atoms with E-state index in [1.165, 1.54) is 0 Å². The van der Waals surface area contributed by atoms with Gasteiger partial charge >= 0.3 is 7.60 Å². The van der Waals surface area contributed by atoms with Crippen molar-refractivity contribution in [2.45, 2.75) is 64.4 Å². The van der Waals surface area contributed by atoms with Crippen molar-refractivity contribution < 1.29 is 28.8 Å². The number of hydrogen-bond donors (Lipinski definition) is 4. The summed E-state index contributed by atoms with van der Waals surface area (Å²) in [5, 5.41) is 10.7. The summed E-state index contributed by atoms with van der Waals surface area (Å²) in [6.45, 7) is 9.21. The van der Waals surface area contributed by atoms with Gasteiger partial charge in [0.2, 0.25) is 0 Å². The summed E-state index contributed by atoms with van der Waals surface area (Å²) in [6, 6.07) is 0. The molecule has 1 aromatic rings. The minimum absolute atomic E-state index is 0.0833. The van der Waals surface area contributed by atoms with Gasteiger partial charge in [0.15, 0.2) is 5.69 Å². The summed E-state index contributed by atoms with van der Waals surface area (Å²) >= 11 is 0. The number of aliphatic hydroxyl groups excluding tert-OH is 1. The van der Waals surface area contributed by atoms with E-state index in [2.05, 4.69) is 30.3 Å². The van der Waals surface area contributed by atoms with Crippen molar-refractivity contribution in [3.8, 4) is 0 Å². The lowest BCUT2D eigenvalue weighted by Gasteiger charge is -2.49. The van der Waals surface area contributed by atoms with Crippen molar-refractivity contribution in [2.24, 2.45) is 28.7 Å². The number of rotatable bonds is 10. The number of fused-ring (bicyclic) bond motifs is 1. The van der Waals surface area contributed by atoms with Crippen LogP contribution >= 0.6 is 16.2 Å². The second-order valence-corrected chi connectivity index (χ2v) is 13.1. The van der Waals surface area contributed by atoms with Crippen molar-refractivity contribution >= 4 is 33.9 Å². The molecule has 3 rings (SSSR count). The number of hydrogen-bond acceptors (Lipinski definition) is 6. The molecule has 2 fully saturated rings. The van der Waals surface area contributed by atoms with Crippen LogP contribution in [0.4, 0.5) is 11.5 Å². The first kappa shape index (κ1) is 26.7. The van der Waals surface area contributed by atoms with E-state index >= 15 is 0 Å². The molecule has 1 aromatic heterocycles. The first-order valence-corrected chi connectivity index (χ1v) is 14.7. The summed E-state index contributed by atoms with van der Waals surface area (Å²) in [7, 11) is -2.02. The predicted molar refractivity (Wildman–Crippen MR) is 132 cm³/mol. The first-order valence-electron chi connectivity index (χ1n) is 11.7. The third-order valence-electron chi connectivity index (χ3n) is 7.78. The molecule has 2 heterocycles. The average Bonchev–Trinajstić information content (AvgIpc) is 2.89. The smallest absolute Gasteiger partial charge is 0.325 e. The van der Waals surface area contributed by atoms with E-state index in [0.29, 0.717) is 26.5 Å². The van der Waals surface area contributed by atoms with Crippen molar-refractivity contribution in [3.63, 3.8) is 0 Å². The fourth-order valence-electron chi connectivity index (χ4n) is 5.63. The van der Waals surface area contributed by atoms with Crippen LogP contribution in [0.2, 0.25) is 0 Å². The van der Waals surface area contributed by atoms with Gasteiger partial charge in [-0.1, -0.05) is 20.8 Å². The lowest BCUT2D eigenvalue weighted by Crippen LogP contribution is -2.50. The van der Waals surface area contributed by atoms with Gasteiger partial charge in [0.05, 0.1) is 24.9 Å². The molecule has 8 atom stereocenters. The lowest BCUT2D eigenvalue weighted by atomic mass is 9.75.